The molecule has 1 aliphatic rings. The van der Waals surface area contributed by atoms with Gasteiger partial charge in [-0.05, 0) is 29.3 Å². The predicted octanol–water partition coefficient (Wildman–Crippen LogP) is 3.10. The fourth-order valence-corrected chi connectivity index (χ4v) is 2.93. The summed E-state index contributed by atoms with van der Waals surface area (Å²) in [5.74, 6) is 0. The summed E-state index contributed by atoms with van der Waals surface area (Å²) in [6.45, 7) is 1.51. The zero-order valence-electron chi connectivity index (χ0n) is 12.3. The number of fused-ring (bicyclic) bond motifs is 1. The monoisotopic (exact) mass is 292 g/mol. The second kappa shape index (κ2) is 4.87. The molecule has 1 saturated heterocycles. The molecule has 2 amide bonds. The molecule has 0 bridgehead atoms. The fraction of sp³-hybridized carbons (Fsp3) is 0.176. The average molecular weight is 292 g/mol. The SMILES string of the molecule is CN1CCN(c2ccc(-c3cccc4[nH]ncc34)cc2)C1=O. The van der Waals surface area contributed by atoms with Crippen molar-refractivity contribution in [3.63, 3.8) is 0 Å². The van der Waals surface area contributed by atoms with Gasteiger partial charge in [0.1, 0.15) is 0 Å². The Hall–Kier alpha value is -2.82. The maximum Gasteiger partial charge on any atom is 0.324 e. The lowest BCUT2D eigenvalue weighted by Gasteiger charge is -2.16. The minimum Gasteiger partial charge on any atom is -0.326 e. The number of amides is 2. The van der Waals surface area contributed by atoms with E-state index in [0.29, 0.717) is 0 Å². The first-order chi connectivity index (χ1) is 10.7. The van der Waals surface area contributed by atoms with Crippen LogP contribution in [0.15, 0.2) is 48.7 Å². The standard InChI is InChI=1S/C17H16N4O/c1-20-9-10-21(17(20)22)13-7-5-12(6-8-13)14-3-2-4-16-15(14)11-18-19-16/h2-8,11H,9-10H2,1H3,(H,18,19). The predicted molar refractivity (Wildman–Crippen MR) is 86.9 cm³/mol. The molecule has 0 aliphatic carbocycles. The van der Waals surface area contributed by atoms with Crippen LogP contribution >= 0.6 is 0 Å². The van der Waals surface area contributed by atoms with Gasteiger partial charge in [0.05, 0.1) is 11.7 Å². The Bertz CT molecular complexity index is 837. The van der Waals surface area contributed by atoms with Gasteiger partial charge in [0.25, 0.3) is 0 Å². The van der Waals surface area contributed by atoms with Crippen LogP contribution in [0.5, 0.6) is 0 Å². The van der Waals surface area contributed by atoms with Crippen molar-refractivity contribution < 1.29 is 4.79 Å². The molecule has 4 rings (SSSR count). The van der Waals surface area contributed by atoms with Gasteiger partial charge in [-0.1, -0.05) is 24.3 Å². The van der Waals surface area contributed by atoms with Gasteiger partial charge < -0.3 is 4.90 Å². The molecule has 1 aliphatic heterocycles. The van der Waals surface area contributed by atoms with E-state index < -0.39 is 0 Å². The number of hydrogen-bond donors (Lipinski definition) is 1. The van der Waals surface area contributed by atoms with Gasteiger partial charge in [-0.15, -0.1) is 0 Å². The Morgan fingerprint density at radius 1 is 1.09 bits per heavy atom. The van der Waals surface area contributed by atoms with E-state index in [-0.39, 0.29) is 6.03 Å². The normalized spacial score (nSPS) is 15.0. The smallest absolute Gasteiger partial charge is 0.324 e. The number of carbonyl (C=O) groups is 1. The summed E-state index contributed by atoms with van der Waals surface area (Å²) in [4.78, 5) is 15.6. The van der Waals surface area contributed by atoms with Gasteiger partial charge >= 0.3 is 6.03 Å². The van der Waals surface area contributed by atoms with Crippen molar-refractivity contribution in [3.05, 3.63) is 48.7 Å². The number of hydrogen-bond acceptors (Lipinski definition) is 2. The van der Waals surface area contributed by atoms with E-state index in [1.54, 1.807) is 4.90 Å². The number of benzene rings is 2. The first-order valence-electron chi connectivity index (χ1n) is 7.29. The highest BCUT2D eigenvalue weighted by Crippen LogP contribution is 2.29. The lowest BCUT2D eigenvalue weighted by molar-refractivity contribution is 0.229. The molecule has 0 unspecified atom stereocenters. The third-order valence-electron chi connectivity index (χ3n) is 4.19. The number of aromatic nitrogens is 2. The second-order valence-electron chi connectivity index (χ2n) is 5.54. The summed E-state index contributed by atoms with van der Waals surface area (Å²) in [6.07, 6.45) is 1.84. The zero-order valence-corrected chi connectivity index (χ0v) is 12.3. The third-order valence-corrected chi connectivity index (χ3v) is 4.19. The van der Waals surface area contributed by atoms with E-state index in [9.17, 15) is 4.79 Å². The molecule has 0 atom stereocenters. The van der Waals surface area contributed by atoms with Crippen LogP contribution in [0.1, 0.15) is 0 Å². The van der Waals surface area contributed by atoms with Crippen LogP contribution in [0.3, 0.4) is 0 Å². The molecule has 0 spiro atoms. The molecule has 1 aromatic heterocycles. The number of aromatic amines is 1. The van der Waals surface area contributed by atoms with Crippen LogP contribution in [0, 0.1) is 0 Å². The zero-order chi connectivity index (χ0) is 15.1. The molecular weight excluding hydrogens is 276 g/mol. The minimum atomic E-state index is 0.0599. The highest BCUT2D eigenvalue weighted by Gasteiger charge is 2.26. The summed E-state index contributed by atoms with van der Waals surface area (Å²) < 4.78 is 0. The molecule has 110 valence electrons. The van der Waals surface area contributed by atoms with Crippen molar-refractivity contribution >= 4 is 22.6 Å². The van der Waals surface area contributed by atoms with Gasteiger partial charge in [0, 0.05) is 31.2 Å². The average Bonchev–Trinajstić information content (AvgIpc) is 3.15. The number of nitrogens with one attached hydrogen (secondary N) is 1. The molecule has 5 nitrogen and oxygen atoms in total. The van der Waals surface area contributed by atoms with Crippen molar-refractivity contribution in [2.24, 2.45) is 0 Å². The van der Waals surface area contributed by atoms with E-state index in [2.05, 4.69) is 28.4 Å². The molecule has 3 aromatic rings. The van der Waals surface area contributed by atoms with E-state index in [0.717, 1.165) is 40.8 Å². The van der Waals surface area contributed by atoms with Crippen LogP contribution in [0.2, 0.25) is 0 Å². The lowest BCUT2D eigenvalue weighted by atomic mass is 10.0. The first kappa shape index (κ1) is 12.9. The highest BCUT2D eigenvalue weighted by atomic mass is 16.2. The molecule has 0 saturated carbocycles. The number of carbonyl (C=O) groups excluding carboxylic acids is 1. The fourth-order valence-electron chi connectivity index (χ4n) is 2.93. The third kappa shape index (κ3) is 1.94. The van der Waals surface area contributed by atoms with Crippen molar-refractivity contribution in [2.75, 3.05) is 25.0 Å². The van der Waals surface area contributed by atoms with E-state index >= 15 is 0 Å². The number of H-pyrrole nitrogens is 1. The number of anilines is 1. The molecular formula is C17H16N4O. The molecule has 1 N–H and O–H groups in total. The van der Waals surface area contributed by atoms with Gasteiger partial charge in [-0.25, -0.2) is 4.79 Å². The summed E-state index contributed by atoms with van der Waals surface area (Å²) >= 11 is 0. The maximum atomic E-state index is 12.0. The summed E-state index contributed by atoms with van der Waals surface area (Å²) in [5.41, 5.74) is 4.23. The first-order valence-corrected chi connectivity index (χ1v) is 7.29. The minimum absolute atomic E-state index is 0.0599. The molecule has 2 aromatic carbocycles. The van der Waals surface area contributed by atoms with Gasteiger partial charge in [-0.3, -0.25) is 10.00 Å². The number of rotatable bonds is 2. The molecule has 22 heavy (non-hydrogen) atoms. The van der Waals surface area contributed by atoms with Crippen molar-refractivity contribution in [2.45, 2.75) is 0 Å². The van der Waals surface area contributed by atoms with Crippen LogP contribution in [0.25, 0.3) is 22.0 Å². The van der Waals surface area contributed by atoms with Crippen LogP contribution in [-0.4, -0.2) is 41.3 Å². The second-order valence-corrected chi connectivity index (χ2v) is 5.54. The Kier molecular flexibility index (Phi) is 2.85. The van der Waals surface area contributed by atoms with E-state index in [4.69, 9.17) is 0 Å². The van der Waals surface area contributed by atoms with Crippen LogP contribution in [-0.2, 0) is 0 Å². The van der Waals surface area contributed by atoms with Crippen molar-refractivity contribution in [1.29, 1.82) is 0 Å². The molecule has 0 radical (unpaired) electrons. The van der Waals surface area contributed by atoms with E-state index in [1.165, 1.54) is 0 Å². The number of urea groups is 1. The Morgan fingerprint density at radius 3 is 2.64 bits per heavy atom. The summed E-state index contributed by atoms with van der Waals surface area (Å²) in [6, 6.07) is 14.3. The van der Waals surface area contributed by atoms with Gasteiger partial charge in [-0.2, -0.15) is 5.10 Å². The lowest BCUT2D eigenvalue weighted by Crippen LogP contribution is -2.29. The quantitative estimate of drug-likeness (QED) is 0.789. The van der Waals surface area contributed by atoms with Crippen LogP contribution in [0.4, 0.5) is 10.5 Å². The maximum absolute atomic E-state index is 12.0. The highest BCUT2D eigenvalue weighted by molar-refractivity contribution is 5.96. The van der Waals surface area contributed by atoms with Gasteiger partial charge in [0.2, 0.25) is 0 Å². The molecule has 2 heterocycles. The van der Waals surface area contributed by atoms with Gasteiger partial charge in [0.15, 0.2) is 0 Å². The topological polar surface area (TPSA) is 52.2 Å². The summed E-state index contributed by atoms with van der Waals surface area (Å²) in [7, 11) is 1.83. The number of likely N-dealkylation sites (N-methyl/N-ethyl adjacent to an activating group) is 1. The van der Waals surface area contributed by atoms with Crippen molar-refractivity contribution in [3.8, 4) is 11.1 Å². The molecule has 5 heteroatoms. The number of nitrogens with zero attached hydrogens (tertiary/aromatic N) is 3. The Labute approximate surface area is 128 Å². The van der Waals surface area contributed by atoms with Crippen molar-refractivity contribution in [1.82, 2.24) is 15.1 Å². The largest absolute Gasteiger partial charge is 0.326 e. The van der Waals surface area contributed by atoms with E-state index in [1.807, 2.05) is 42.4 Å². The Morgan fingerprint density at radius 2 is 1.91 bits per heavy atom. The molecule has 1 fully saturated rings. The summed E-state index contributed by atoms with van der Waals surface area (Å²) in [5, 5.41) is 8.19. The van der Waals surface area contributed by atoms with Crippen LogP contribution < -0.4 is 4.90 Å². The Balaban J connectivity index is 1.70.